The Balaban J connectivity index is 1.63. The Morgan fingerprint density at radius 3 is 2.59 bits per heavy atom. The van der Waals surface area contributed by atoms with Crippen molar-refractivity contribution in [2.75, 3.05) is 46.4 Å². The molecule has 1 N–H and O–H groups in total. The second-order valence-corrected chi connectivity index (χ2v) is 6.45. The number of rotatable bonds is 3. The zero-order valence-corrected chi connectivity index (χ0v) is 13.7. The number of piperazine rings is 1. The van der Waals surface area contributed by atoms with E-state index in [9.17, 15) is 4.79 Å². The molecule has 122 valence electrons. The third-order valence-corrected chi connectivity index (χ3v) is 5.00. The summed E-state index contributed by atoms with van der Waals surface area (Å²) in [4.78, 5) is 17.3. The van der Waals surface area contributed by atoms with Gasteiger partial charge < -0.3 is 19.5 Å². The van der Waals surface area contributed by atoms with E-state index in [0.717, 1.165) is 37.4 Å². The fraction of sp³-hybridized carbons (Fsp3) is 0.688. The molecule has 2 fully saturated rings. The molecule has 22 heavy (non-hydrogen) atoms. The third kappa shape index (κ3) is 3.04. The maximum Gasteiger partial charge on any atom is 0.253 e. The van der Waals surface area contributed by atoms with E-state index in [-0.39, 0.29) is 11.9 Å². The van der Waals surface area contributed by atoms with Crippen LogP contribution < -0.4 is 5.32 Å². The maximum atomic E-state index is 12.5. The highest BCUT2D eigenvalue weighted by molar-refractivity contribution is 5.95. The SMILES string of the molecule is Cc1c(C(=O)N[C@H]2COC[C@@H]2N2CCN(C)CC2)ccn1C. The Morgan fingerprint density at radius 2 is 1.95 bits per heavy atom. The van der Waals surface area contributed by atoms with E-state index in [0.29, 0.717) is 19.3 Å². The summed E-state index contributed by atoms with van der Waals surface area (Å²) in [6.45, 7) is 7.53. The number of hydrogen-bond donors (Lipinski definition) is 1. The molecule has 1 aromatic heterocycles. The number of likely N-dealkylation sites (N-methyl/N-ethyl adjacent to an activating group) is 1. The largest absolute Gasteiger partial charge is 0.378 e. The van der Waals surface area contributed by atoms with Crippen LogP contribution in [0.15, 0.2) is 12.3 Å². The first-order valence-electron chi connectivity index (χ1n) is 7.99. The Bertz CT molecular complexity index is 534. The Labute approximate surface area is 132 Å². The molecule has 2 aliphatic rings. The number of ether oxygens (including phenoxy) is 1. The normalized spacial score (nSPS) is 27.2. The maximum absolute atomic E-state index is 12.5. The van der Waals surface area contributed by atoms with Gasteiger partial charge in [0, 0.05) is 45.1 Å². The molecule has 0 aliphatic carbocycles. The summed E-state index contributed by atoms with van der Waals surface area (Å²) in [7, 11) is 4.11. The van der Waals surface area contributed by atoms with Crippen LogP contribution in [0, 0.1) is 6.92 Å². The number of nitrogens with zero attached hydrogens (tertiary/aromatic N) is 3. The standard InChI is InChI=1S/C16H26N4O2/c1-12-13(4-5-19(12)3)16(21)17-14-10-22-11-15(14)20-8-6-18(2)7-9-20/h4-5,14-15H,6-11H2,1-3H3,(H,17,21)/t14-,15-/m0/s1. The lowest BCUT2D eigenvalue weighted by Crippen LogP contribution is -2.56. The highest BCUT2D eigenvalue weighted by atomic mass is 16.5. The van der Waals surface area contributed by atoms with Crippen LogP contribution in [-0.4, -0.2) is 78.8 Å². The summed E-state index contributed by atoms with van der Waals surface area (Å²) in [6.07, 6.45) is 1.92. The highest BCUT2D eigenvalue weighted by Gasteiger charge is 2.35. The predicted octanol–water partition coefficient (Wildman–Crippen LogP) is 0.0781. The van der Waals surface area contributed by atoms with E-state index in [4.69, 9.17) is 4.74 Å². The van der Waals surface area contributed by atoms with Gasteiger partial charge in [0.2, 0.25) is 0 Å². The molecule has 0 unspecified atom stereocenters. The van der Waals surface area contributed by atoms with Gasteiger partial charge >= 0.3 is 0 Å². The molecule has 6 heteroatoms. The van der Waals surface area contributed by atoms with Crippen molar-refractivity contribution in [2.45, 2.75) is 19.0 Å². The van der Waals surface area contributed by atoms with E-state index in [1.54, 1.807) is 0 Å². The third-order valence-electron chi connectivity index (χ3n) is 5.00. The Hall–Kier alpha value is -1.37. The van der Waals surface area contributed by atoms with Crippen molar-refractivity contribution in [3.8, 4) is 0 Å². The van der Waals surface area contributed by atoms with Crippen molar-refractivity contribution >= 4 is 5.91 Å². The zero-order valence-electron chi connectivity index (χ0n) is 13.7. The van der Waals surface area contributed by atoms with Gasteiger partial charge in [-0.1, -0.05) is 0 Å². The summed E-state index contributed by atoms with van der Waals surface area (Å²) in [5.74, 6) is 0.00716. The molecule has 6 nitrogen and oxygen atoms in total. The molecular formula is C16H26N4O2. The minimum atomic E-state index is 0.00716. The van der Waals surface area contributed by atoms with Crippen LogP contribution in [0.3, 0.4) is 0 Å². The number of nitrogens with one attached hydrogen (secondary N) is 1. The van der Waals surface area contributed by atoms with Crippen LogP contribution in [0.5, 0.6) is 0 Å². The monoisotopic (exact) mass is 306 g/mol. The van der Waals surface area contributed by atoms with Crippen molar-refractivity contribution in [1.82, 2.24) is 19.7 Å². The van der Waals surface area contributed by atoms with Crippen LogP contribution in [0.1, 0.15) is 16.1 Å². The van der Waals surface area contributed by atoms with Crippen molar-refractivity contribution < 1.29 is 9.53 Å². The van der Waals surface area contributed by atoms with Crippen LogP contribution >= 0.6 is 0 Å². The molecule has 0 radical (unpaired) electrons. The lowest BCUT2D eigenvalue weighted by Gasteiger charge is -2.38. The van der Waals surface area contributed by atoms with Gasteiger partial charge in [0.25, 0.3) is 5.91 Å². The average Bonchev–Trinajstić information content (AvgIpc) is 3.08. The lowest BCUT2D eigenvalue weighted by molar-refractivity contribution is 0.0828. The fourth-order valence-electron chi connectivity index (χ4n) is 3.29. The first-order chi connectivity index (χ1) is 10.6. The number of amides is 1. The molecule has 0 bridgehead atoms. The Kier molecular flexibility index (Phi) is 4.52. The molecule has 1 amide bonds. The van der Waals surface area contributed by atoms with Crippen molar-refractivity contribution in [3.05, 3.63) is 23.5 Å². The topological polar surface area (TPSA) is 49.7 Å². The van der Waals surface area contributed by atoms with Gasteiger partial charge in [-0.05, 0) is 20.0 Å². The van der Waals surface area contributed by atoms with Crippen LogP contribution in [0.2, 0.25) is 0 Å². The van der Waals surface area contributed by atoms with Gasteiger partial charge in [-0.3, -0.25) is 9.69 Å². The number of hydrogen-bond acceptors (Lipinski definition) is 4. The lowest BCUT2D eigenvalue weighted by atomic mass is 10.1. The summed E-state index contributed by atoms with van der Waals surface area (Å²) in [5.41, 5.74) is 1.75. The van der Waals surface area contributed by atoms with Gasteiger partial charge in [-0.2, -0.15) is 0 Å². The molecule has 0 spiro atoms. The van der Waals surface area contributed by atoms with Gasteiger partial charge in [-0.15, -0.1) is 0 Å². The Morgan fingerprint density at radius 1 is 1.23 bits per heavy atom. The average molecular weight is 306 g/mol. The molecule has 2 atom stereocenters. The smallest absolute Gasteiger partial charge is 0.253 e. The van der Waals surface area contributed by atoms with Crippen LogP contribution in [0.4, 0.5) is 0 Å². The van der Waals surface area contributed by atoms with E-state index >= 15 is 0 Å². The second-order valence-electron chi connectivity index (χ2n) is 6.45. The summed E-state index contributed by atoms with van der Waals surface area (Å²) < 4.78 is 7.62. The van der Waals surface area contributed by atoms with E-state index in [1.165, 1.54) is 0 Å². The van der Waals surface area contributed by atoms with Gasteiger partial charge in [0.1, 0.15) is 0 Å². The molecule has 2 saturated heterocycles. The van der Waals surface area contributed by atoms with Gasteiger partial charge in [0.15, 0.2) is 0 Å². The van der Waals surface area contributed by atoms with Crippen LogP contribution in [-0.2, 0) is 11.8 Å². The van der Waals surface area contributed by atoms with Crippen molar-refractivity contribution in [3.63, 3.8) is 0 Å². The quantitative estimate of drug-likeness (QED) is 0.859. The number of carbonyl (C=O) groups is 1. The molecular weight excluding hydrogens is 280 g/mol. The van der Waals surface area contributed by atoms with Crippen molar-refractivity contribution in [1.29, 1.82) is 0 Å². The summed E-state index contributed by atoms with van der Waals surface area (Å²) >= 11 is 0. The number of aromatic nitrogens is 1. The van der Waals surface area contributed by atoms with E-state index in [1.807, 2.05) is 30.8 Å². The number of aryl methyl sites for hydroxylation is 1. The van der Waals surface area contributed by atoms with E-state index < -0.39 is 0 Å². The first kappa shape index (κ1) is 15.5. The minimum Gasteiger partial charge on any atom is -0.378 e. The highest BCUT2D eigenvalue weighted by Crippen LogP contribution is 2.17. The van der Waals surface area contributed by atoms with Crippen LogP contribution in [0.25, 0.3) is 0 Å². The second kappa shape index (κ2) is 6.40. The first-order valence-corrected chi connectivity index (χ1v) is 7.99. The zero-order chi connectivity index (χ0) is 15.7. The van der Waals surface area contributed by atoms with Crippen molar-refractivity contribution in [2.24, 2.45) is 7.05 Å². The summed E-state index contributed by atoms with van der Waals surface area (Å²) in [6, 6.07) is 2.25. The fourth-order valence-corrected chi connectivity index (χ4v) is 3.29. The summed E-state index contributed by atoms with van der Waals surface area (Å²) in [5, 5.41) is 3.18. The van der Waals surface area contributed by atoms with Gasteiger partial charge in [0.05, 0.1) is 30.9 Å². The molecule has 1 aromatic rings. The molecule has 0 saturated carbocycles. The minimum absolute atomic E-state index is 0.00716. The van der Waals surface area contributed by atoms with Gasteiger partial charge in [-0.25, -0.2) is 0 Å². The number of carbonyl (C=O) groups excluding carboxylic acids is 1. The predicted molar refractivity (Wildman–Crippen MR) is 85.1 cm³/mol. The molecule has 0 aromatic carbocycles. The molecule has 2 aliphatic heterocycles. The molecule has 3 rings (SSSR count). The molecule has 3 heterocycles. The van der Waals surface area contributed by atoms with E-state index in [2.05, 4.69) is 22.2 Å².